The second kappa shape index (κ2) is 11.5. The summed E-state index contributed by atoms with van der Waals surface area (Å²) in [6.07, 6.45) is 1.57. The molecule has 1 aliphatic heterocycles. The van der Waals surface area contributed by atoms with Gasteiger partial charge in [-0.25, -0.2) is 0 Å². The molecular weight excluding hydrogens is 455 g/mol. The molecule has 0 aliphatic carbocycles. The van der Waals surface area contributed by atoms with Gasteiger partial charge in [0.15, 0.2) is 5.15 Å². The predicted molar refractivity (Wildman–Crippen MR) is 126 cm³/mol. The summed E-state index contributed by atoms with van der Waals surface area (Å²) in [4.78, 5) is 15.2. The number of nitrogens with zero attached hydrogens (tertiary/aromatic N) is 3. The van der Waals surface area contributed by atoms with Gasteiger partial charge in [-0.05, 0) is 37.6 Å². The Hall–Kier alpha value is -2.33. The van der Waals surface area contributed by atoms with E-state index >= 15 is 0 Å². The Balaban J connectivity index is 1.49. The summed E-state index contributed by atoms with van der Waals surface area (Å²) in [6, 6.07) is 6.46. The van der Waals surface area contributed by atoms with Crippen LogP contribution in [0, 0.1) is 0 Å². The van der Waals surface area contributed by atoms with Gasteiger partial charge >= 0.3 is 0 Å². The van der Waals surface area contributed by atoms with E-state index in [1.54, 1.807) is 25.3 Å². The summed E-state index contributed by atoms with van der Waals surface area (Å²) in [5.74, 6) is 0.815. The highest BCUT2D eigenvalue weighted by atomic mass is 35.5. The summed E-state index contributed by atoms with van der Waals surface area (Å²) < 4.78 is 11.0. The van der Waals surface area contributed by atoms with E-state index in [-0.39, 0.29) is 18.1 Å². The highest BCUT2D eigenvalue weighted by Crippen LogP contribution is 2.29. The lowest BCUT2D eigenvalue weighted by Crippen LogP contribution is -2.55. The van der Waals surface area contributed by atoms with E-state index in [4.69, 9.17) is 38.4 Å². The molecule has 1 fully saturated rings. The number of hydrogen-bond donors (Lipinski definition) is 3. The number of ether oxygens (including phenoxy) is 2. The van der Waals surface area contributed by atoms with E-state index in [0.717, 1.165) is 39.0 Å². The van der Waals surface area contributed by atoms with Crippen LogP contribution in [0.2, 0.25) is 10.2 Å². The van der Waals surface area contributed by atoms with Crippen molar-refractivity contribution in [2.24, 2.45) is 0 Å². The van der Waals surface area contributed by atoms with Crippen LogP contribution in [0.5, 0.6) is 5.75 Å². The molecule has 2 atom stereocenters. The fourth-order valence-corrected chi connectivity index (χ4v) is 3.94. The van der Waals surface area contributed by atoms with Crippen LogP contribution in [0.15, 0.2) is 24.3 Å². The molecule has 1 amide bonds. The fourth-order valence-electron chi connectivity index (χ4n) is 3.68. The van der Waals surface area contributed by atoms with Crippen molar-refractivity contribution in [3.8, 4) is 5.75 Å². The van der Waals surface area contributed by atoms with E-state index in [1.165, 1.54) is 13.2 Å². The molecule has 0 radical (unpaired) electrons. The first-order valence-corrected chi connectivity index (χ1v) is 11.1. The monoisotopic (exact) mass is 482 g/mol. The zero-order valence-corrected chi connectivity index (χ0v) is 19.6. The molecule has 0 unspecified atom stereocenters. The molecule has 0 bridgehead atoms. The van der Waals surface area contributed by atoms with E-state index in [0.29, 0.717) is 33.0 Å². The SMILES string of the molecule is COc1cc(N)c(Cl)cc1C(=O)N[C@H]1CCN(CCCNc2ccc(Cl)nn2)C[C@H]1OC. The minimum Gasteiger partial charge on any atom is -0.496 e. The van der Waals surface area contributed by atoms with E-state index in [2.05, 4.69) is 25.7 Å². The van der Waals surface area contributed by atoms with E-state index < -0.39 is 0 Å². The summed E-state index contributed by atoms with van der Waals surface area (Å²) in [6.45, 7) is 3.24. The first-order chi connectivity index (χ1) is 15.4. The highest BCUT2D eigenvalue weighted by molar-refractivity contribution is 6.33. The van der Waals surface area contributed by atoms with Gasteiger partial charge in [0.25, 0.3) is 5.91 Å². The molecule has 0 saturated carbocycles. The standard InChI is InChI=1S/C21H28Cl2N6O3/c1-31-17-11-15(24)14(22)10-13(17)21(30)26-16-6-9-29(12-18(16)32-2)8-3-7-25-20-5-4-19(23)27-28-20/h4-5,10-11,16,18H,3,6-9,12,24H2,1-2H3,(H,25,28)(H,26,30)/t16-,18+/m0/s1. The number of aromatic nitrogens is 2. The van der Waals surface area contributed by atoms with Gasteiger partial charge in [-0.3, -0.25) is 4.79 Å². The molecular formula is C21H28Cl2N6O3. The second-order valence-corrected chi connectivity index (χ2v) is 8.33. The molecule has 11 heteroatoms. The van der Waals surface area contributed by atoms with E-state index in [9.17, 15) is 4.79 Å². The number of hydrogen-bond acceptors (Lipinski definition) is 8. The minimum absolute atomic E-state index is 0.118. The van der Waals surface area contributed by atoms with Crippen LogP contribution < -0.4 is 21.1 Å². The van der Waals surface area contributed by atoms with Crippen LogP contribution in [-0.2, 0) is 4.74 Å². The Morgan fingerprint density at radius 3 is 2.78 bits per heavy atom. The van der Waals surface area contributed by atoms with Crippen molar-refractivity contribution in [2.75, 3.05) is 51.4 Å². The van der Waals surface area contributed by atoms with Crippen molar-refractivity contribution in [3.05, 3.63) is 40.0 Å². The molecule has 32 heavy (non-hydrogen) atoms. The number of carbonyl (C=O) groups excluding carboxylic acids is 1. The number of nitrogen functional groups attached to an aromatic ring is 1. The summed E-state index contributed by atoms with van der Waals surface area (Å²) in [5, 5.41) is 14.8. The summed E-state index contributed by atoms with van der Waals surface area (Å²) in [5.41, 5.74) is 6.52. The second-order valence-electron chi connectivity index (χ2n) is 7.54. The lowest BCUT2D eigenvalue weighted by molar-refractivity contribution is 0.00638. The number of anilines is 2. The maximum atomic E-state index is 12.9. The van der Waals surface area contributed by atoms with Gasteiger partial charge < -0.3 is 30.7 Å². The van der Waals surface area contributed by atoms with Crippen LogP contribution in [0.1, 0.15) is 23.2 Å². The van der Waals surface area contributed by atoms with E-state index in [1.807, 2.05) is 0 Å². The number of carbonyl (C=O) groups is 1. The summed E-state index contributed by atoms with van der Waals surface area (Å²) in [7, 11) is 3.15. The first-order valence-electron chi connectivity index (χ1n) is 10.3. The number of amides is 1. The Morgan fingerprint density at radius 2 is 2.09 bits per heavy atom. The van der Waals surface area contributed by atoms with Crippen molar-refractivity contribution >= 4 is 40.6 Å². The number of likely N-dealkylation sites (tertiary alicyclic amines) is 1. The number of nitrogens with one attached hydrogen (secondary N) is 2. The van der Waals surface area contributed by atoms with Gasteiger partial charge in [0.05, 0.1) is 35.5 Å². The van der Waals surface area contributed by atoms with Gasteiger partial charge in [0.2, 0.25) is 0 Å². The van der Waals surface area contributed by atoms with Crippen LogP contribution in [0.25, 0.3) is 0 Å². The molecule has 174 valence electrons. The third-order valence-corrected chi connectivity index (χ3v) is 5.94. The number of nitrogens with two attached hydrogens (primary N) is 1. The minimum atomic E-state index is -0.266. The number of benzene rings is 1. The fraction of sp³-hybridized carbons (Fsp3) is 0.476. The first kappa shape index (κ1) is 24.3. The molecule has 1 aliphatic rings. The Bertz CT molecular complexity index is 915. The van der Waals surface area contributed by atoms with Crippen molar-refractivity contribution < 1.29 is 14.3 Å². The van der Waals surface area contributed by atoms with Crippen LogP contribution in [0.3, 0.4) is 0 Å². The van der Waals surface area contributed by atoms with Crippen molar-refractivity contribution in [1.82, 2.24) is 20.4 Å². The number of rotatable bonds is 9. The maximum absolute atomic E-state index is 12.9. The molecule has 4 N–H and O–H groups in total. The Labute approximate surface area is 197 Å². The topological polar surface area (TPSA) is 115 Å². The Kier molecular flexibility index (Phi) is 8.75. The molecule has 9 nitrogen and oxygen atoms in total. The molecule has 2 aromatic rings. The average molecular weight is 483 g/mol. The van der Waals surface area contributed by atoms with Crippen molar-refractivity contribution in [1.29, 1.82) is 0 Å². The lowest BCUT2D eigenvalue weighted by Gasteiger charge is -2.38. The van der Waals surface area contributed by atoms with Crippen molar-refractivity contribution in [2.45, 2.75) is 25.0 Å². The average Bonchev–Trinajstić information content (AvgIpc) is 2.80. The largest absolute Gasteiger partial charge is 0.496 e. The number of piperidine rings is 1. The number of halogens is 2. The molecule has 1 saturated heterocycles. The van der Waals surface area contributed by atoms with Gasteiger partial charge in [0.1, 0.15) is 11.6 Å². The zero-order valence-electron chi connectivity index (χ0n) is 18.1. The van der Waals surface area contributed by atoms with Gasteiger partial charge in [-0.2, -0.15) is 0 Å². The quantitative estimate of drug-likeness (QED) is 0.369. The molecule has 3 rings (SSSR count). The smallest absolute Gasteiger partial charge is 0.255 e. The molecule has 1 aromatic carbocycles. The Morgan fingerprint density at radius 1 is 1.28 bits per heavy atom. The third-order valence-electron chi connectivity index (χ3n) is 5.42. The summed E-state index contributed by atoms with van der Waals surface area (Å²) >= 11 is 11.8. The molecule has 0 spiro atoms. The maximum Gasteiger partial charge on any atom is 0.255 e. The molecule has 2 heterocycles. The molecule has 1 aromatic heterocycles. The van der Waals surface area contributed by atoms with Crippen molar-refractivity contribution in [3.63, 3.8) is 0 Å². The van der Waals surface area contributed by atoms with Gasteiger partial charge in [0, 0.05) is 32.8 Å². The van der Waals surface area contributed by atoms with Gasteiger partial charge in [-0.1, -0.05) is 23.2 Å². The predicted octanol–water partition coefficient (Wildman–Crippen LogP) is 2.70. The third kappa shape index (κ3) is 6.35. The lowest BCUT2D eigenvalue weighted by atomic mass is 10.0. The highest BCUT2D eigenvalue weighted by Gasteiger charge is 2.31. The zero-order chi connectivity index (χ0) is 23.1. The van der Waals surface area contributed by atoms with Gasteiger partial charge in [-0.15, -0.1) is 10.2 Å². The van der Waals surface area contributed by atoms with Crippen LogP contribution >= 0.6 is 23.2 Å². The normalized spacial score (nSPS) is 18.9. The van der Waals surface area contributed by atoms with Crippen LogP contribution in [-0.4, -0.2) is 73.5 Å². The van der Waals surface area contributed by atoms with Crippen LogP contribution in [0.4, 0.5) is 11.5 Å². The number of methoxy groups -OCH3 is 2.